The summed E-state index contributed by atoms with van der Waals surface area (Å²) in [5.41, 5.74) is 0.544. The molecule has 0 aliphatic carbocycles. The Morgan fingerprint density at radius 2 is 2.09 bits per heavy atom. The van der Waals surface area contributed by atoms with E-state index in [1.165, 1.54) is 15.6 Å². The van der Waals surface area contributed by atoms with Gasteiger partial charge in [-0.15, -0.1) is 11.3 Å². The number of rotatable bonds is 4. The molecule has 1 aliphatic rings. The molecule has 0 bridgehead atoms. The summed E-state index contributed by atoms with van der Waals surface area (Å²) in [5.74, 6) is 0.0896. The van der Waals surface area contributed by atoms with E-state index in [2.05, 4.69) is 22.8 Å². The molecule has 0 spiro atoms. The minimum Gasteiger partial charge on any atom is -0.368 e. The molecule has 4 nitrogen and oxygen atoms in total. The molecule has 118 valence electrons. The summed E-state index contributed by atoms with van der Waals surface area (Å²) >= 11 is 1.73. The van der Waals surface area contributed by atoms with Crippen LogP contribution in [0.15, 0.2) is 29.6 Å². The third kappa shape index (κ3) is 2.76. The summed E-state index contributed by atoms with van der Waals surface area (Å²) < 4.78 is 6.91. The highest BCUT2D eigenvalue weighted by Crippen LogP contribution is 2.29. The highest BCUT2D eigenvalue weighted by atomic mass is 32.1. The Kier molecular flexibility index (Phi) is 4.47. The zero-order valence-corrected chi connectivity index (χ0v) is 13.9. The molecule has 1 amide bonds. The molecule has 1 fully saturated rings. The van der Waals surface area contributed by atoms with Crippen molar-refractivity contribution >= 4 is 27.3 Å². The van der Waals surface area contributed by atoms with Crippen LogP contribution in [0.4, 0.5) is 0 Å². The number of nitrogens with one attached hydrogen (secondary N) is 1. The maximum absolute atomic E-state index is 12.9. The molecule has 0 radical (unpaired) electrons. The van der Waals surface area contributed by atoms with Crippen LogP contribution in [-0.4, -0.2) is 43.7 Å². The van der Waals surface area contributed by atoms with Crippen LogP contribution in [0.2, 0.25) is 0 Å². The maximum atomic E-state index is 12.9. The van der Waals surface area contributed by atoms with E-state index < -0.39 is 5.60 Å². The number of fused-ring (bicyclic) bond motifs is 1. The third-order valence-corrected chi connectivity index (χ3v) is 5.52. The van der Waals surface area contributed by atoms with Gasteiger partial charge in [-0.3, -0.25) is 4.79 Å². The summed E-state index contributed by atoms with van der Waals surface area (Å²) in [6, 6.07) is 8.33. The van der Waals surface area contributed by atoms with E-state index >= 15 is 0 Å². The third-order valence-electron chi connectivity index (χ3n) is 4.51. The van der Waals surface area contributed by atoms with Crippen LogP contribution < -0.4 is 5.32 Å². The number of nitrogens with zero attached hydrogens (tertiary/aromatic N) is 1. The Hall–Kier alpha value is -1.43. The van der Waals surface area contributed by atoms with Gasteiger partial charge in [0, 0.05) is 25.4 Å². The average molecular weight is 318 g/mol. The number of amides is 1. The zero-order chi connectivity index (χ0) is 15.6. The number of carbonyl (C=O) groups excluding carboxylic acids is 1. The Bertz CT molecular complexity index is 661. The van der Waals surface area contributed by atoms with Crippen molar-refractivity contribution in [2.45, 2.75) is 25.0 Å². The van der Waals surface area contributed by atoms with Crippen LogP contribution >= 0.6 is 11.3 Å². The molecule has 2 aromatic rings. The largest absolute Gasteiger partial charge is 0.368 e. The van der Waals surface area contributed by atoms with Crippen molar-refractivity contribution in [3.8, 4) is 0 Å². The van der Waals surface area contributed by atoms with Gasteiger partial charge >= 0.3 is 0 Å². The summed E-state index contributed by atoms with van der Waals surface area (Å²) in [6.45, 7) is 2.28. The number of thiophene rings is 1. The van der Waals surface area contributed by atoms with Gasteiger partial charge in [0.25, 0.3) is 5.91 Å². The van der Waals surface area contributed by atoms with E-state index in [1.54, 1.807) is 18.4 Å². The molecule has 3 rings (SSSR count). The second kappa shape index (κ2) is 6.36. The first kappa shape index (κ1) is 15.5. The van der Waals surface area contributed by atoms with Crippen LogP contribution in [0.1, 0.15) is 18.4 Å². The molecule has 2 heterocycles. The van der Waals surface area contributed by atoms with Crippen molar-refractivity contribution in [1.29, 1.82) is 0 Å². The molecule has 0 unspecified atom stereocenters. The quantitative estimate of drug-likeness (QED) is 0.942. The summed E-state index contributed by atoms with van der Waals surface area (Å²) in [7, 11) is 3.52. The van der Waals surface area contributed by atoms with Gasteiger partial charge in [0.05, 0.1) is 0 Å². The highest BCUT2D eigenvalue weighted by molar-refractivity contribution is 7.17. The topological polar surface area (TPSA) is 41.6 Å². The van der Waals surface area contributed by atoms with Crippen LogP contribution in [-0.2, 0) is 16.1 Å². The van der Waals surface area contributed by atoms with Crippen molar-refractivity contribution in [2.75, 3.05) is 27.2 Å². The van der Waals surface area contributed by atoms with Crippen LogP contribution in [0, 0.1) is 0 Å². The Labute approximate surface area is 135 Å². The molecule has 1 aliphatic heterocycles. The fourth-order valence-corrected chi connectivity index (χ4v) is 4.12. The number of methoxy groups -OCH3 is 1. The van der Waals surface area contributed by atoms with Gasteiger partial charge in [-0.25, -0.2) is 0 Å². The van der Waals surface area contributed by atoms with Gasteiger partial charge in [0.1, 0.15) is 5.60 Å². The molecule has 1 saturated heterocycles. The number of ether oxygens (including phenoxy) is 1. The first-order chi connectivity index (χ1) is 10.7. The lowest BCUT2D eigenvalue weighted by Crippen LogP contribution is -2.54. The van der Waals surface area contributed by atoms with Crippen molar-refractivity contribution in [3.63, 3.8) is 0 Å². The van der Waals surface area contributed by atoms with E-state index in [4.69, 9.17) is 4.74 Å². The second-order valence-corrected chi connectivity index (χ2v) is 6.78. The lowest BCUT2D eigenvalue weighted by atomic mass is 9.90. The van der Waals surface area contributed by atoms with Gasteiger partial charge in [0.2, 0.25) is 0 Å². The summed E-state index contributed by atoms with van der Waals surface area (Å²) in [4.78, 5) is 14.7. The van der Waals surface area contributed by atoms with Crippen molar-refractivity contribution in [3.05, 3.63) is 35.2 Å². The van der Waals surface area contributed by atoms with E-state index in [0.29, 0.717) is 6.54 Å². The molecular formula is C17H22N2O2S. The van der Waals surface area contributed by atoms with Gasteiger partial charge in [0.15, 0.2) is 0 Å². The molecule has 1 N–H and O–H groups in total. The maximum Gasteiger partial charge on any atom is 0.254 e. The van der Waals surface area contributed by atoms with Crippen molar-refractivity contribution < 1.29 is 9.53 Å². The van der Waals surface area contributed by atoms with Gasteiger partial charge < -0.3 is 15.0 Å². The molecule has 0 atom stereocenters. The smallest absolute Gasteiger partial charge is 0.254 e. The Morgan fingerprint density at radius 1 is 1.36 bits per heavy atom. The Morgan fingerprint density at radius 3 is 2.82 bits per heavy atom. The average Bonchev–Trinajstić information content (AvgIpc) is 2.98. The van der Waals surface area contributed by atoms with Crippen LogP contribution in [0.5, 0.6) is 0 Å². The van der Waals surface area contributed by atoms with Crippen molar-refractivity contribution in [2.24, 2.45) is 0 Å². The van der Waals surface area contributed by atoms with Gasteiger partial charge in [-0.1, -0.05) is 18.2 Å². The number of piperidine rings is 1. The van der Waals surface area contributed by atoms with Crippen LogP contribution in [0.25, 0.3) is 10.1 Å². The van der Waals surface area contributed by atoms with E-state index in [1.807, 2.05) is 24.1 Å². The molecule has 1 aromatic heterocycles. The molecule has 5 heteroatoms. The lowest BCUT2D eigenvalue weighted by molar-refractivity contribution is -0.157. The predicted octanol–water partition coefficient (Wildman–Crippen LogP) is 2.63. The van der Waals surface area contributed by atoms with Gasteiger partial charge in [-0.2, -0.15) is 0 Å². The number of benzene rings is 1. The molecule has 22 heavy (non-hydrogen) atoms. The zero-order valence-electron chi connectivity index (χ0n) is 13.1. The molecule has 1 aromatic carbocycles. The van der Waals surface area contributed by atoms with Crippen molar-refractivity contribution in [1.82, 2.24) is 10.2 Å². The van der Waals surface area contributed by atoms with Gasteiger partial charge in [-0.05, 0) is 48.3 Å². The summed E-state index contributed by atoms with van der Waals surface area (Å²) in [6.07, 6.45) is 1.47. The number of hydrogen-bond donors (Lipinski definition) is 1. The standard InChI is InChI=1S/C17H22N2O2S/c1-19(16(20)17(21-2)7-9-18-10-8-17)11-13-12-22-15-6-4-3-5-14(13)15/h3-6,12,18H,7-11H2,1-2H3. The minimum absolute atomic E-state index is 0.0896. The SMILES string of the molecule is COC1(C(=O)N(C)Cc2csc3ccccc23)CCNCC1. The normalized spacial score (nSPS) is 17.5. The minimum atomic E-state index is -0.661. The molecular weight excluding hydrogens is 296 g/mol. The summed E-state index contributed by atoms with van der Waals surface area (Å²) in [5, 5.41) is 6.68. The number of carbonyl (C=O) groups is 1. The van der Waals surface area contributed by atoms with E-state index in [9.17, 15) is 4.79 Å². The lowest BCUT2D eigenvalue weighted by Gasteiger charge is -2.37. The first-order valence-corrected chi connectivity index (χ1v) is 8.51. The van der Waals surface area contributed by atoms with E-state index in [0.717, 1.165) is 25.9 Å². The number of likely N-dealkylation sites (N-methyl/N-ethyl adjacent to an activating group) is 1. The number of hydrogen-bond acceptors (Lipinski definition) is 4. The first-order valence-electron chi connectivity index (χ1n) is 7.63. The van der Waals surface area contributed by atoms with E-state index in [-0.39, 0.29) is 5.91 Å². The van der Waals surface area contributed by atoms with Crippen LogP contribution in [0.3, 0.4) is 0 Å². The fraction of sp³-hybridized carbons (Fsp3) is 0.471. The second-order valence-electron chi connectivity index (χ2n) is 5.87. The fourth-order valence-electron chi connectivity index (χ4n) is 3.17. The monoisotopic (exact) mass is 318 g/mol. The molecule has 0 saturated carbocycles. The Balaban J connectivity index is 1.78. The highest BCUT2D eigenvalue weighted by Gasteiger charge is 2.41. The predicted molar refractivity (Wildman–Crippen MR) is 90.1 cm³/mol.